The molecule has 0 saturated carbocycles. The second-order valence-electron chi connectivity index (χ2n) is 4.37. The molecule has 0 aliphatic rings. The number of hydrogen-bond donors (Lipinski definition) is 0. The van der Waals surface area contributed by atoms with Gasteiger partial charge in [-0.2, -0.15) is 5.26 Å². The zero-order chi connectivity index (χ0) is 14.5. The number of rotatable bonds is 4. The van der Waals surface area contributed by atoms with E-state index in [1.165, 1.54) is 13.2 Å². The van der Waals surface area contributed by atoms with Gasteiger partial charge in [-0.3, -0.25) is 0 Å². The van der Waals surface area contributed by atoms with Crippen LogP contribution in [-0.4, -0.2) is 7.11 Å². The molecule has 0 bridgehead atoms. The van der Waals surface area contributed by atoms with Crippen LogP contribution < -0.4 is 9.47 Å². The molecule has 3 nitrogen and oxygen atoms in total. The Morgan fingerprint density at radius 1 is 1.15 bits per heavy atom. The SMILES string of the molecule is COc1cc(COc2cc(C)ccc2F)ccc1C#N. The van der Waals surface area contributed by atoms with Gasteiger partial charge in [0.25, 0.3) is 0 Å². The minimum absolute atomic E-state index is 0.211. The molecule has 0 radical (unpaired) electrons. The molecule has 0 aliphatic heterocycles. The van der Waals surface area contributed by atoms with Crippen molar-refractivity contribution in [3.63, 3.8) is 0 Å². The zero-order valence-electron chi connectivity index (χ0n) is 11.3. The fourth-order valence-corrected chi connectivity index (χ4v) is 1.80. The minimum atomic E-state index is -0.392. The summed E-state index contributed by atoms with van der Waals surface area (Å²) in [5, 5.41) is 8.90. The van der Waals surface area contributed by atoms with E-state index < -0.39 is 5.82 Å². The Bertz CT molecular complexity index is 662. The smallest absolute Gasteiger partial charge is 0.165 e. The van der Waals surface area contributed by atoms with Crippen LogP contribution in [0.25, 0.3) is 0 Å². The molecule has 0 fully saturated rings. The Morgan fingerprint density at radius 2 is 1.95 bits per heavy atom. The summed E-state index contributed by atoms with van der Waals surface area (Å²) in [4.78, 5) is 0. The summed E-state index contributed by atoms with van der Waals surface area (Å²) >= 11 is 0. The second-order valence-corrected chi connectivity index (χ2v) is 4.37. The largest absolute Gasteiger partial charge is 0.495 e. The first kappa shape index (κ1) is 13.9. The van der Waals surface area contributed by atoms with Gasteiger partial charge in [0.05, 0.1) is 12.7 Å². The van der Waals surface area contributed by atoms with Gasteiger partial charge in [0.1, 0.15) is 18.4 Å². The maximum Gasteiger partial charge on any atom is 0.165 e. The van der Waals surface area contributed by atoms with Crippen molar-refractivity contribution >= 4 is 0 Å². The second kappa shape index (κ2) is 6.07. The summed E-state index contributed by atoms with van der Waals surface area (Å²) in [5.74, 6) is 0.308. The molecule has 102 valence electrons. The Hall–Kier alpha value is -2.54. The van der Waals surface area contributed by atoms with E-state index in [1.807, 2.05) is 13.0 Å². The molecule has 4 heteroatoms. The Balaban J connectivity index is 2.15. The lowest BCUT2D eigenvalue weighted by atomic mass is 10.1. The van der Waals surface area contributed by atoms with Gasteiger partial charge < -0.3 is 9.47 Å². The average molecular weight is 271 g/mol. The molecule has 0 amide bonds. The fourth-order valence-electron chi connectivity index (χ4n) is 1.80. The van der Waals surface area contributed by atoms with Crippen LogP contribution in [0.2, 0.25) is 0 Å². The first-order valence-electron chi connectivity index (χ1n) is 6.10. The summed E-state index contributed by atoms with van der Waals surface area (Å²) in [6.07, 6.45) is 0. The van der Waals surface area contributed by atoms with E-state index >= 15 is 0 Å². The van der Waals surface area contributed by atoms with Crippen LogP contribution in [-0.2, 0) is 6.61 Å². The average Bonchev–Trinajstić information content (AvgIpc) is 2.47. The van der Waals surface area contributed by atoms with Crippen molar-refractivity contribution < 1.29 is 13.9 Å². The molecule has 0 aliphatic carbocycles. The third kappa shape index (κ3) is 3.07. The molecule has 0 atom stereocenters. The number of halogens is 1. The van der Waals surface area contributed by atoms with Crippen LogP contribution in [0.4, 0.5) is 4.39 Å². The third-order valence-electron chi connectivity index (χ3n) is 2.87. The Morgan fingerprint density at radius 3 is 2.65 bits per heavy atom. The number of nitriles is 1. The van der Waals surface area contributed by atoms with Gasteiger partial charge in [-0.1, -0.05) is 12.1 Å². The summed E-state index contributed by atoms with van der Waals surface area (Å²) in [5.41, 5.74) is 2.19. The van der Waals surface area contributed by atoms with E-state index in [0.717, 1.165) is 11.1 Å². The summed E-state index contributed by atoms with van der Waals surface area (Å²) in [6.45, 7) is 2.08. The highest BCUT2D eigenvalue weighted by molar-refractivity contribution is 5.45. The Kier molecular flexibility index (Phi) is 4.21. The highest BCUT2D eigenvalue weighted by atomic mass is 19.1. The lowest BCUT2D eigenvalue weighted by Gasteiger charge is -2.10. The predicted octanol–water partition coefficient (Wildman–Crippen LogP) is 3.59. The molecule has 0 spiro atoms. The van der Waals surface area contributed by atoms with Gasteiger partial charge in [-0.25, -0.2) is 4.39 Å². The first-order chi connectivity index (χ1) is 9.63. The number of ether oxygens (including phenoxy) is 2. The number of nitrogens with zero attached hydrogens (tertiary/aromatic N) is 1. The van der Waals surface area contributed by atoms with E-state index in [2.05, 4.69) is 0 Å². The van der Waals surface area contributed by atoms with Gasteiger partial charge in [-0.15, -0.1) is 0 Å². The molecule has 20 heavy (non-hydrogen) atoms. The van der Waals surface area contributed by atoms with Crippen LogP contribution in [0.3, 0.4) is 0 Å². The number of aryl methyl sites for hydroxylation is 1. The lowest BCUT2D eigenvalue weighted by Crippen LogP contribution is -1.99. The van der Waals surface area contributed by atoms with Gasteiger partial charge in [0.2, 0.25) is 0 Å². The highest BCUT2D eigenvalue weighted by Crippen LogP contribution is 2.22. The fraction of sp³-hybridized carbons (Fsp3) is 0.188. The van der Waals surface area contributed by atoms with Gasteiger partial charge in [-0.05, 0) is 42.3 Å². The van der Waals surface area contributed by atoms with E-state index in [4.69, 9.17) is 14.7 Å². The Labute approximate surface area is 117 Å². The molecule has 0 unspecified atom stereocenters. The van der Waals surface area contributed by atoms with Crippen LogP contribution in [0.1, 0.15) is 16.7 Å². The lowest BCUT2D eigenvalue weighted by molar-refractivity contribution is 0.289. The van der Waals surface area contributed by atoms with Crippen molar-refractivity contribution in [2.45, 2.75) is 13.5 Å². The maximum absolute atomic E-state index is 13.5. The summed E-state index contributed by atoms with van der Waals surface area (Å²) in [6, 6.07) is 11.9. The molecule has 0 saturated heterocycles. The van der Waals surface area contributed by atoms with Crippen LogP contribution in [0.5, 0.6) is 11.5 Å². The molecule has 2 aromatic carbocycles. The van der Waals surface area contributed by atoms with E-state index in [0.29, 0.717) is 11.3 Å². The van der Waals surface area contributed by atoms with Crippen molar-refractivity contribution in [1.82, 2.24) is 0 Å². The van der Waals surface area contributed by atoms with Crippen molar-refractivity contribution in [3.8, 4) is 17.6 Å². The molecule has 2 aromatic rings. The van der Waals surface area contributed by atoms with Crippen molar-refractivity contribution in [2.24, 2.45) is 0 Å². The molecule has 0 aromatic heterocycles. The number of methoxy groups -OCH3 is 1. The van der Waals surface area contributed by atoms with Crippen LogP contribution >= 0.6 is 0 Å². The van der Waals surface area contributed by atoms with Crippen LogP contribution in [0, 0.1) is 24.1 Å². The van der Waals surface area contributed by atoms with Crippen molar-refractivity contribution in [2.75, 3.05) is 7.11 Å². The van der Waals surface area contributed by atoms with Crippen LogP contribution in [0.15, 0.2) is 36.4 Å². The standard InChI is InChI=1S/C16H14FNO2/c1-11-3-6-14(17)16(7-11)20-10-12-4-5-13(9-18)15(8-12)19-2/h3-8H,10H2,1-2H3. The molecule has 0 N–H and O–H groups in total. The highest BCUT2D eigenvalue weighted by Gasteiger charge is 2.07. The molecule has 2 rings (SSSR count). The number of benzene rings is 2. The van der Waals surface area contributed by atoms with E-state index in [1.54, 1.807) is 30.3 Å². The molecular formula is C16H14FNO2. The van der Waals surface area contributed by atoms with Gasteiger partial charge >= 0.3 is 0 Å². The van der Waals surface area contributed by atoms with Crippen molar-refractivity contribution in [3.05, 3.63) is 58.9 Å². The number of hydrogen-bond acceptors (Lipinski definition) is 3. The van der Waals surface area contributed by atoms with Crippen molar-refractivity contribution in [1.29, 1.82) is 5.26 Å². The normalized spacial score (nSPS) is 9.90. The molecule has 0 heterocycles. The summed E-state index contributed by atoms with van der Waals surface area (Å²) in [7, 11) is 1.50. The topological polar surface area (TPSA) is 42.2 Å². The predicted molar refractivity (Wildman–Crippen MR) is 73.2 cm³/mol. The van der Waals surface area contributed by atoms with E-state index in [9.17, 15) is 4.39 Å². The third-order valence-corrected chi connectivity index (χ3v) is 2.87. The van der Waals surface area contributed by atoms with E-state index in [-0.39, 0.29) is 12.4 Å². The summed E-state index contributed by atoms with van der Waals surface area (Å²) < 4.78 is 24.1. The first-order valence-corrected chi connectivity index (χ1v) is 6.10. The van der Waals surface area contributed by atoms with Gasteiger partial charge in [0.15, 0.2) is 11.6 Å². The monoisotopic (exact) mass is 271 g/mol. The minimum Gasteiger partial charge on any atom is -0.495 e. The zero-order valence-corrected chi connectivity index (χ0v) is 11.3. The van der Waals surface area contributed by atoms with Gasteiger partial charge in [0, 0.05) is 0 Å². The quantitative estimate of drug-likeness (QED) is 0.853. The maximum atomic E-state index is 13.5. The molecular weight excluding hydrogens is 257 g/mol.